The second kappa shape index (κ2) is 11.8. The summed E-state index contributed by atoms with van der Waals surface area (Å²) in [4.78, 5) is 28.1. The van der Waals surface area contributed by atoms with Crippen LogP contribution in [0.25, 0.3) is 21.6 Å². The van der Waals surface area contributed by atoms with Gasteiger partial charge in [0.05, 0.1) is 6.33 Å². The number of likely N-dealkylation sites (N-methyl/N-ethyl adjacent to an activating group) is 1. The molecule has 1 unspecified atom stereocenters. The number of carbonyl (C=O) groups excluding carboxylic acids is 1. The highest BCUT2D eigenvalue weighted by molar-refractivity contribution is 6.30. The molecule has 3 heterocycles. The van der Waals surface area contributed by atoms with E-state index in [0.29, 0.717) is 34.3 Å². The molecule has 4 aromatic rings. The Kier molecular flexibility index (Phi) is 7.99. The summed E-state index contributed by atoms with van der Waals surface area (Å²) in [5.41, 5.74) is 11.5. The van der Waals surface area contributed by atoms with Crippen molar-refractivity contribution in [2.24, 2.45) is 5.11 Å². The number of hydrogen-bond acceptors (Lipinski definition) is 9. The molecule has 5 rings (SSSR count). The van der Waals surface area contributed by atoms with Crippen LogP contribution in [0.1, 0.15) is 30.4 Å². The van der Waals surface area contributed by atoms with Crippen LogP contribution >= 0.6 is 11.6 Å². The van der Waals surface area contributed by atoms with Gasteiger partial charge in [-0.1, -0.05) is 47.0 Å². The molecule has 1 fully saturated rings. The van der Waals surface area contributed by atoms with E-state index in [2.05, 4.69) is 35.6 Å². The molecule has 14 heteroatoms. The van der Waals surface area contributed by atoms with Crippen molar-refractivity contribution in [3.63, 3.8) is 0 Å². The Hall–Kier alpha value is -4.42. The second-order valence-electron chi connectivity index (χ2n) is 9.07. The third-order valence-electron chi connectivity index (χ3n) is 6.60. The number of azide groups is 1. The Bertz CT molecular complexity index is 1560. The number of hydrogen-bond donors (Lipinski definition) is 3. The Labute approximate surface area is 233 Å². The van der Waals surface area contributed by atoms with Crippen molar-refractivity contribution in [1.29, 1.82) is 0 Å². The summed E-state index contributed by atoms with van der Waals surface area (Å²) < 4.78 is 13.5. The van der Waals surface area contributed by atoms with Crippen molar-refractivity contribution in [2.75, 3.05) is 12.4 Å². The van der Waals surface area contributed by atoms with Crippen LogP contribution in [0.3, 0.4) is 0 Å². The van der Waals surface area contributed by atoms with Crippen LogP contribution in [0.4, 0.5) is 5.82 Å². The van der Waals surface area contributed by atoms with Gasteiger partial charge in [0.1, 0.15) is 36.4 Å². The summed E-state index contributed by atoms with van der Waals surface area (Å²) >= 11 is 6.29. The SMILES string of the molecule is CNC(=O)[C@H]1O[C@@H](n2cnc3c(NCc4cc(Cl)ccc4OC(C)c4ccccc4)ncnc32)[C@H](O)[C@@H]1N=[N+]=[N-]. The van der Waals surface area contributed by atoms with E-state index in [1.54, 1.807) is 6.07 Å². The minimum atomic E-state index is -1.32. The number of rotatable bonds is 9. The summed E-state index contributed by atoms with van der Waals surface area (Å²) in [7, 11) is 1.43. The fourth-order valence-corrected chi connectivity index (χ4v) is 4.76. The van der Waals surface area contributed by atoms with Gasteiger partial charge in [-0.25, -0.2) is 15.0 Å². The lowest BCUT2D eigenvalue weighted by atomic mass is 10.1. The Balaban J connectivity index is 1.38. The zero-order chi connectivity index (χ0) is 28.2. The number of benzene rings is 2. The van der Waals surface area contributed by atoms with Crippen LogP contribution in [0.2, 0.25) is 5.02 Å². The number of imidazole rings is 1. The number of carbonyl (C=O) groups is 1. The van der Waals surface area contributed by atoms with E-state index in [1.807, 2.05) is 49.4 Å². The maximum atomic E-state index is 12.3. The minimum absolute atomic E-state index is 0.187. The fraction of sp³-hybridized carbons (Fsp3) is 0.308. The molecule has 1 aliphatic heterocycles. The summed E-state index contributed by atoms with van der Waals surface area (Å²) in [5.74, 6) is 0.560. The highest BCUT2D eigenvalue weighted by Crippen LogP contribution is 2.34. The van der Waals surface area contributed by atoms with Gasteiger partial charge in [-0.05, 0) is 36.2 Å². The fourth-order valence-electron chi connectivity index (χ4n) is 4.57. The van der Waals surface area contributed by atoms with Gasteiger partial charge in [-0.15, -0.1) is 0 Å². The number of anilines is 1. The van der Waals surface area contributed by atoms with Crippen molar-refractivity contribution < 1.29 is 19.4 Å². The highest BCUT2D eigenvalue weighted by Gasteiger charge is 2.48. The summed E-state index contributed by atoms with van der Waals surface area (Å²) in [6.45, 7) is 2.29. The molecule has 206 valence electrons. The van der Waals surface area contributed by atoms with Crippen molar-refractivity contribution in [2.45, 2.75) is 44.1 Å². The first-order valence-corrected chi connectivity index (χ1v) is 12.8. The van der Waals surface area contributed by atoms with Crippen LogP contribution in [-0.2, 0) is 16.1 Å². The van der Waals surface area contributed by atoms with Gasteiger partial charge in [-0.2, -0.15) is 0 Å². The van der Waals surface area contributed by atoms with Crippen LogP contribution in [0.15, 0.2) is 66.3 Å². The Morgan fingerprint density at radius 2 is 2.08 bits per heavy atom. The monoisotopic (exact) mass is 563 g/mol. The van der Waals surface area contributed by atoms with Gasteiger partial charge < -0.3 is 25.2 Å². The van der Waals surface area contributed by atoms with Crippen molar-refractivity contribution in [3.8, 4) is 5.75 Å². The number of ether oxygens (including phenoxy) is 2. The molecule has 13 nitrogen and oxygen atoms in total. The number of aliphatic hydroxyl groups is 1. The van der Waals surface area contributed by atoms with Gasteiger partial charge in [0.15, 0.2) is 23.2 Å². The molecule has 3 N–H and O–H groups in total. The van der Waals surface area contributed by atoms with E-state index in [0.717, 1.165) is 11.1 Å². The van der Waals surface area contributed by atoms with Gasteiger partial charge >= 0.3 is 0 Å². The number of nitrogens with zero attached hydrogens (tertiary/aromatic N) is 7. The minimum Gasteiger partial charge on any atom is -0.486 e. The first kappa shape index (κ1) is 27.2. The quantitative estimate of drug-likeness (QED) is 0.156. The number of amides is 1. The second-order valence-corrected chi connectivity index (χ2v) is 9.51. The van der Waals surface area contributed by atoms with Gasteiger partial charge in [0, 0.05) is 29.1 Å². The lowest BCUT2D eigenvalue weighted by Crippen LogP contribution is -2.40. The normalized spacial score (nSPS) is 21.0. The molecule has 1 saturated heterocycles. The van der Waals surface area contributed by atoms with Gasteiger partial charge in [0.2, 0.25) is 5.91 Å². The van der Waals surface area contributed by atoms with Crippen molar-refractivity contribution in [3.05, 3.63) is 87.8 Å². The molecule has 1 amide bonds. The summed E-state index contributed by atoms with van der Waals surface area (Å²) in [6.07, 6.45) is -0.992. The predicted molar refractivity (Wildman–Crippen MR) is 147 cm³/mol. The summed E-state index contributed by atoms with van der Waals surface area (Å²) in [6, 6.07) is 14.2. The molecule has 0 saturated carbocycles. The van der Waals surface area contributed by atoms with Crippen LogP contribution in [0, 0.1) is 0 Å². The van der Waals surface area contributed by atoms with E-state index in [9.17, 15) is 9.90 Å². The smallest absolute Gasteiger partial charge is 0.249 e. The molecule has 40 heavy (non-hydrogen) atoms. The Morgan fingerprint density at radius 1 is 1.27 bits per heavy atom. The maximum Gasteiger partial charge on any atom is 0.249 e. The molecule has 0 bridgehead atoms. The van der Waals surface area contributed by atoms with Crippen molar-refractivity contribution in [1.82, 2.24) is 24.8 Å². The van der Waals surface area contributed by atoms with Crippen LogP contribution in [-0.4, -0.2) is 55.8 Å². The number of halogens is 1. The Morgan fingerprint density at radius 3 is 2.83 bits per heavy atom. The van der Waals surface area contributed by atoms with E-state index in [-0.39, 0.29) is 6.10 Å². The van der Waals surface area contributed by atoms with E-state index >= 15 is 0 Å². The molecule has 2 aromatic carbocycles. The van der Waals surface area contributed by atoms with Gasteiger partial charge in [0.25, 0.3) is 0 Å². The first-order valence-electron chi connectivity index (χ1n) is 12.4. The zero-order valence-corrected chi connectivity index (χ0v) is 22.3. The van der Waals surface area contributed by atoms with Crippen LogP contribution < -0.4 is 15.4 Å². The van der Waals surface area contributed by atoms with E-state index in [1.165, 1.54) is 24.3 Å². The molecule has 0 spiro atoms. The lowest BCUT2D eigenvalue weighted by Gasteiger charge is -2.19. The molecule has 2 aromatic heterocycles. The standard InChI is InChI=1S/C26H26ClN9O4/c1-14(15-6-4-3-5-7-15)39-18-9-8-17(27)10-16(18)11-30-23-20-24(32-12-31-23)36(13-33-20)26-21(37)19(34-35-28)22(40-26)25(38)29-2/h3-10,12-14,19,21-22,26,37H,11H2,1-2H3,(H,29,38)(H,30,31,32)/t14?,19-,21+,22-,26+/m0/s1. The number of aliphatic hydroxyl groups excluding tert-OH is 1. The highest BCUT2D eigenvalue weighted by atomic mass is 35.5. The third kappa shape index (κ3) is 5.36. The topological polar surface area (TPSA) is 172 Å². The number of fused-ring (bicyclic) bond motifs is 1. The van der Waals surface area contributed by atoms with Gasteiger partial charge in [-0.3, -0.25) is 9.36 Å². The number of nitrogens with one attached hydrogen (secondary N) is 2. The average molecular weight is 564 g/mol. The van der Waals surface area contributed by atoms with E-state index in [4.69, 9.17) is 26.6 Å². The molecule has 5 atom stereocenters. The predicted octanol–water partition coefficient (Wildman–Crippen LogP) is 3.92. The molecular weight excluding hydrogens is 538 g/mol. The maximum absolute atomic E-state index is 12.3. The van der Waals surface area contributed by atoms with E-state index < -0.39 is 30.4 Å². The largest absolute Gasteiger partial charge is 0.486 e. The lowest BCUT2D eigenvalue weighted by molar-refractivity contribution is -0.134. The molecule has 0 radical (unpaired) electrons. The number of aromatic nitrogens is 4. The molecule has 0 aliphatic carbocycles. The molecular formula is C26H26ClN9O4. The van der Waals surface area contributed by atoms with Crippen LogP contribution in [0.5, 0.6) is 5.75 Å². The molecule has 1 aliphatic rings. The summed E-state index contributed by atoms with van der Waals surface area (Å²) in [5, 5.41) is 20.7. The zero-order valence-electron chi connectivity index (χ0n) is 21.5. The average Bonchev–Trinajstić information content (AvgIpc) is 3.54. The first-order chi connectivity index (χ1) is 19.4. The van der Waals surface area contributed by atoms with Crippen molar-refractivity contribution >= 4 is 34.5 Å². The third-order valence-corrected chi connectivity index (χ3v) is 6.84.